The highest BCUT2D eigenvalue weighted by Crippen LogP contribution is 2.34. The Morgan fingerprint density at radius 3 is 2.55 bits per heavy atom. The van der Waals surface area contributed by atoms with Crippen LogP contribution in [0.3, 0.4) is 0 Å². The molecule has 0 aromatic heterocycles. The van der Waals surface area contributed by atoms with Gasteiger partial charge >= 0.3 is 0 Å². The molecular formula is C18H30N2. The molecule has 0 saturated heterocycles. The maximum atomic E-state index is 6.22. The van der Waals surface area contributed by atoms with E-state index in [4.69, 9.17) is 5.73 Å². The van der Waals surface area contributed by atoms with Gasteiger partial charge in [0.2, 0.25) is 0 Å². The van der Waals surface area contributed by atoms with Gasteiger partial charge in [-0.2, -0.15) is 0 Å². The third kappa shape index (κ3) is 4.92. The Labute approximate surface area is 124 Å². The van der Waals surface area contributed by atoms with Crippen molar-refractivity contribution in [1.29, 1.82) is 0 Å². The van der Waals surface area contributed by atoms with Crippen LogP contribution < -0.4 is 11.1 Å². The normalized spacial score (nSPS) is 19.7. The number of benzene rings is 1. The van der Waals surface area contributed by atoms with Gasteiger partial charge in [-0.15, -0.1) is 0 Å². The molecule has 3 N–H and O–H groups in total. The lowest BCUT2D eigenvalue weighted by atomic mass is 9.76. The molecule has 0 radical (unpaired) electrons. The Morgan fingerprint density at radius 2 is 1.85 bits per heavy atom. The minimum atomic E-state index is 0.184. The molecule has 0 spiro atoms. The van der Waals surface area contributed by atoms with Crippen molar-refractivity contribution in [2.24, 2.45) is 11.1 Å². The summed E-state index contributed by atoms with van der Waals surface area (Å²) in [6.07, 6.45) is 9.27. The van der Waals surface area contributed by atoms with Crippen molar-refractivity contribution >= 4 is 0 Å². The molecule has 1 unspecified atom stereocenters. The van der Waals surface area contributed by atoms with Crippen molar-refractivity contribution in [2.45, 2.75) is 57.9 Å². The minimum Gasteiger partial charge on any atom is -0.324 e. The lowest BCUT2D eigenvalue weighted by molar-refractivity contribution is 0.208. The predicted octanol–water partition coefficient (Wildman–Crippen LogP) is 4.03. The van der Waals surface area contributed by atoms with Crippen molar-refractivity contribution in [3.63, 3.8) is 0 Å². The molecule has 0 amide bonds. The summed E-state index contributed by atoms with van der Waals surface area (Å²) in [5.41, 5.74) is 8.02. The van der Waals surface area contributed by atoms with E-state index in [0.717, 1.165) is 19.4 Å². The fourth-order valence-corrected chi connectivity index (χ4v) is 3.29. The SMILES string of the molecule is CC1(CNCCCC(N)c2ccccc2)CCCCC1. The number of nitrogens with one attached hydrogen (secondary N) is 1. The molecule has 1 fully saturated rings. The van der Waals surface area contributed by atoms with E-state index in [1.807, 2.05) is 6.07 Å². The summed E-state index contributed by atoms with van der Waals surface area (Å²) in [7, 11) is 0. The van der Waals surface area contributed by atoms with Crippen LogP contribution in [0.2, 0.25) is 0 Å². The molecule has 1 aliphatic carbocycles. The largest absolute Gasteiger partial charge is 0.324 e. The van der Waals surface area contributed by atoms with E-state index >= 15 is 0 Å². The standard InChI is InChI=1S/C18H30N2/c1-18(12-6-3-7-13-18)15-20-14-8-11-17(19)16-9-4-2-5-10-16/h2,4-5,9-10,17,20H,3,6-8,11-15,19H2,1H3. The molecule has 1 saturated carbocycles. The molecular weight excluding hydrogens is 244 g/mol. The summed E-state index contributed by atoms with van der Waals surface area (Å²) < 4.78 is 0. The smallest absolute Gasteiger partial charge is 0.0295 e. The maximum Gasteiger partial charge on any atom is 0.0295 e. The van der Waals surface area contributed by atoms with E-state index in [9.17, 15) is 0 Å². The van der Waals surface area contributed by atoms with Crippen LogP contribution in [0.25, 0.3) is 0 Å². The molecule has 1 aromatic rings. The van der Waals surface area contributed by atoms with Gasteiger partial charge in [-0.1, -0.05) is 56.5 Å². The Hall–Kier alpha value is -0.860. The van der Waals surface area contributed by atoms with E-state index in [1.54, 1.807) is 0 Å². The van der Waals surface area contributed by atoms with E-state index in [-0.39, 0.29) is 6.04 Å². The highest BCUT2D eigenvalue weighted by Gasteiger charge is 2.25. The molecule has 0 heterocycles. The van der Waals surface area contributed by atoms with Crippen molar-refractivity contribution in [3.05, 3.63) is 35.9 Å². The third-order valence-electron chi connectivity index (χ3n) is 4.71. The molecule has 112 valence electrons. The van der Waals surface area contributed by atoms with Crippen molar-refractivity contribution in [2.75, 3.05) is 13.1 Å². The van der Waals surface area contributed by atoms with Crippen molar-refractivity contribution in [3.8, 4) is 0 Å². The Kier molecular flexibility index (Phi) is 6.06. The summed E-state index contributed by atoms with van der Waals surface area (Å²) in [6.45, 7) is 4.71. The van der Waals surface area contributed by atoms with E-state index in [1.165, 1.54) is 44.2 Å². The van der Waals surface area contributed by atoms with Crippen LogP contribution in [-0.2, 0) is 0 Å². The van der Waals surface area contributed by atoms with Crippen LogP contribution >= 0.6 is 0 Å². The molecule has 0 bridgehead atoms. The first-order chi connectivity index (χ1) is 9.70. The van der Waals surface area contributed by atoms with Crippen LogP contribution in [0.5, 0.6) is 0 Å². The van der Waals surface area contributed by atoms with E-state index in [2.05, 4.69) is 36.5 Å². The quantitative estimate of drug-likeness (QED) is 0.737. The number of rotatable bonds is 7. The summed E-state index contributed by atoms with van der Waals surface area (Å²) in [5, 5.41) is 3.65. The third-order valence-corrected chi connectivity index (χ3v) is 4.71. The monoisotopic (exact) mass is 274 g/mol. The zero-order valence-electron chi connectivity index (χ0n) is 12.9. The fraction of sp³-hybridized carbons (Fsp3) is 0.667. The minimum absolute atomic E-state index is 0.184. The van der Waals surface area contributed by atoms with Gasteiger partial charge in [0.15, 0.2) is 0 Å². The molecule has 0 aliphatic heterocycles. The molecule has 2 rings (SSSR count). The van der Waals surface area contributed by atoms with Gasteiger partial charge in [0, 0.05) is 12.6 Å². The fourth-order valence-electron chi connectivity index (χ4n) is 3.29. The first kappa shape index (κ1) is 15.5. The van der Waals surface area contributed by atoms with Gasteiger partial charge in [-0.25, -0.2) is 0 Å². The molecule has 1 aliphatic rings. The van der Waals surface area contributed by atoms with Crippen LogP contribution in [0.15, 0.2) is 30.3 Å². The Bertz CT molecular complexity index is 368. The lowest BCUT2D eigenvalue weighted by Gasteiger charge is -2.33. The molecule has 2 heteroatoms. The second kappa shape index (κ2) is 7.80. The maximum absolute atomic E-state index is 6.22. The number of hydrogen-bond acceptors (Lipinski definition) is 2. The summed E-state index contributed by atoms with van der Waals surface area (Å²) in [6, 6.07) is 10.6. The van der Waals surface area contributed by atoms with Gasteiger partial charge in [0.05, 0.1) is 0 Å². The van der Waals surface area contributed by atoms with Crippen molar-refractivity contribution < 1.29 is 0 Å². The Balaban J connectivity index is 1.59. The molecule has 1 aromatic carbocycles. The van der Waals surface area contributed by atoms with Gasteiger partial charge < -0.3 is 11.1 Å². The summed E-state index contributed by atoms with van der Waals surface area (Å²) in [4.78, 5) is 0. The first-order valence-electron chi connectivity index (χ1n) is 8.21. The zero-order valence-corrected chi connectivity index (χ0v) is 12.9. The zero-order chi connectivity index (χ0) is 14.3. The van der Waals surface area contributed by atoms with Crippen LogP contribution in [0.4, 0.5) is 0 Å². The molecule has 20 heavy (non-hydrogen) atoms. The van der Waals surface area contributed by atoms with Gasteiger partial charge in [-0.3, -0.25) is 0 Å². The highest BCUT2D eigenvalue weighted by atomic mass is 14.9. The van der Waals surface area contributed by atoms with E-state index in [0.29, 0.717) is 5.41 Å². The first-order valence-corrected chi connectivity index (χ1v) is 8.21. The summed E-state index contributed by atoms with van der Waals surface area (Å²) >= 11 is 0. The topological polar surface area (TPSA) is 38.0 Å². The van der Waals surface area contributed by atoms with Crippen LogP contribution in [0.1, 0.15) is 63.5 Å². The van der Waals surface area contributed by atoms with Crippen molar-refractivity contribution in [1.82, 2.24) is 5.32 Å². The average molecular weight is 274 g/mol. The van der Waals surface area contributed by atoms with Gasteiger partial charge in [-0.05, 0) is 43.2 Å². The molecule has 1 atom stereocenters. The number of hydrogen-bond donors (Lipinski definition) is 2. The van der Waals surface area contributed by atoms with E-state index < -0.39 is 0 Å². The average Bonchev–Trinajstić information content (AvgIpc) is 2.48. The number of nitrogens with two attached hydrogens (primary N) is 1. The van der Waals surface area contributed by atoms with Gasteiger partial charge in [0.1, 0.15) is 0 Å². The Morgan fingerprint density at radius 1 is 1.15 bits per heavy atom. The van der Waals surface area contributed by atoms with Gasteiger partial charge in [0.25, 0.3) is 0 Å². The van der Waals surface area contributed by atoms with Crippen LogP contribution in [-0.4, -0.2) is 13.1 Å². The molecule has 2 nitrogen and oxygen atoms in total. The highest BCUT2D eigenvalue weighted by molar-refractivity contribution is 5.18. The second-order valence-electron chi connectivity index (χ2n) is 6.71. The predicted molar refractivity (Wildman–Crippen MR) is 86.7 cm³/mol. The summed E-state index contributed by atoms with van der Waals surface area (Å²) in [5.74, 6) is 0. The second-order valence-corrected chi connectivity index (χ2v) is 6.71. The van der Waals surface area contributed by atoms with Crippen LogP contribution in [0, 0.1) is 5.41 Å². The lowest BCUT2D eigenvalue weighted by Crippen LogP contribution is -2.34.